The highest BCUT2D eigenvalue weighted by atomic mass is 32.1. The Morgan fingerprint density at radius 1 is 1.35 bits per heavy atom. The van der Waals surface area contributed by atoms with Crippen molar-refractivity contribution in [3.63, 3.8) is 0 Å². The molecule has 0 spiro atoms. The molecule has 2 aromatic rings. The molecule has 0 aliphatic carbocycles. The van der Waals surface area contributed by atoms with E-state index >= 15 is 0 Å². The van der Waals surface area contributed by atoms with Crippen LogP contribution in [0.25, 0.3) is 10.2 Å². The number of carbonyl (C=O) groups is 2. The lowest BCUT2D eigenvalue weighted by Crippen LogP contribution is -2.42. The molecule has 1 aromatic carbocycles. The molecule has 23 heavy (non-hydrogen) atoms. The van der Waals surface area contributed by atoms with Gasteiger partial charge >= 0.3 is 0 Å². The van der Waals surface area contributed by atoms with Crippen LogP contribution in [-0.2, 0) is 16.0 Å². The minimum atomic E-state index is 0.0164. The molecule has 1 saturated heterocycles. The summed E-state index contributed by atoms with van der Waals surface area (Å²) in [5.41, 5.74) is 0.995. The second-order valence-electron chi connectivity index (χ2n) is 5.89. The fourth-order valence-corrected chi connectivity index (χ4v) is 3.74. The summed E-state index contributed by atoms with van der Waals surface area (Å²) >= 11 is 1.64. The first-order chi connectivity index (χ1) is 11.2. The molecule has 122 valence electrons. The predicted octanol–water partition coefficient (Wildman–Crippen LogP) is 2.40. The average Bonchev–Trinajstić information content (AvgIpc) is 2.85. The van der Waals surface area contributed by atoms with Crippen LogP contribution in [0.4, 0.5) is 0 Å². The van der Waals surface area contributed by atoms with Crippen molar-refractivity contribution in [3.8, 4) is 0 Å². The Balaban J connectivity index is 1.44. The highest BCUT2D eigenvalue weighted by molar-refractivity contribution is 7.18. The van der Waals surface area contributed by atoms with Gasteiger partial charge in [-0.05, 0) is 25.0 Å². The highest BCUT2D eigenvalue weighted by Crippen LogP contribution is 2.22. The lowest BCUT2D eigenvalue weighted by Gasteiger charge is -2.16. The van der Waals surface area contributed by atoms with Crippen molar-refractivity contribution in [2.75, 3.05) is 6.54 Å². The minimum Gasteiger partial charge on any atom is -0.354 e. The van der Waals surface area contributed by atoms with E-state index in [9.17, 15) is 9.59 Å². The summed E-state index contributed by atoms with van der Waals surface area (Å²) in [4.78, 5) is 28.0. The molecule has 3 rings (SSSR count). The quantitative estimate of drug-likeness (QED) is 0.884. The van der Waals surface area contributed by atoms with Gasteiger partial charge in [0.15, 0.2) is 0 Å². The molecular weight excluding hydrogens is 310 g/mol. The van der Waals surface area contributed by atoms with Gasteiger partial charge in [0.2, 0.25) is 11.8 Å². The van der Waals surface area contributed by atoms with Crippen molar-refractivity contribution in [1.29, 1.82) is 0 Å². The van der Waals surface area contributed by atoms with Gasteiger partial charge in [-0.2, -0.15) is 0 Å². The van der Waals surface area contributed by atoms with Gasteiger partial charge in [-0.1, -0.05) is 18.6 Å². The molecule has 6 heteroatoms. The summed E-state index contributed by atoms with van der Waals surface area (Å²) in [5.74, 6) is 0.110. The van der Waals surface area contributed by atoms with Crippen molar-refractivity contribution in [3.05, 3.63) is 29.3 Å². The van der Waals surface area contributed by atoms with Crippen molar-refractivity contribution < 1.29 is 9.59 Å². The van der Waals surface area contributed by atoms with Crippen LogP contribution in [0.1, 0.15) is 37.1 Å². The SMILES string of the molecule is O=C(CCc1nc2ccccc2s1)NCC1CCCCC(=O)N1. The van der Waals surface area contributed by atoms with Crippen molar-refractivity contribution in [1.82, 2.24) is 15.6 Å². The molecule has 0 radical (unpaired) electrons. The maximum absolute atomic E-state index is 12.0. The number of benzene rings is 1. The monoisotopic (exact) mass is 331 g/mol. The van der Waals surface area contributed by atoms with E-state index < -0.39 is 0 Å². The normalized spacial score (nSPS) is 18.4. The molecule has 1 fully saturated rings. The third-order valence-corrected chi connectivity index (χ3v) is 5.12. The fraction of sp³-hybridized carbons (Fsp3) is 0.471. The summed E-state index contributed by atoms with van der Waals surface area (Å²) in [7, 11) is 0. The van der Waals surface area contributed by atoms with E-state index in [0.717, 1.165) is 34.5 Å². The number of nitrogens with one attached hydrogen (secondary N) is 2. The molecule has 2 heterocycles. The molecule has 0 bridgehead atoms. The maximum Gasteiger partial charge on any atom is 0.220 e. The lowest BCUT2D eigenvalue weighted by molar-refractivity contribution is -0.123. The highest BCUT2D eigenvalue weighted by Gasteiger charge is 2.17. The maximum atomic E-state index is 12.0. The Morgan fingerprint density at radius 2 is 2.22 bits per heavy atom. The van der Waals surface area contributed by atoms with Crippen LogP contribution in [0.3, 0.4) is 0 Å². The molecule has 1 aromatic heterocycles. The van der Waals surface area contributed by atoms with Gasteiger partial charge in [-0.15, -0.1) is 11.3 Å². The molecule has 2 N–H and O–H groups in total. The molecule has 5 nitrogen and oxygen atoms in total. The van der Waals surface area contributed by atoms with E-state index in [1.165, 1.54) is 0 Å². The van der Waals surface area contributed by atoms with Gasteiger partial charge in [0, 0.05) is 31.8 Å². The van der Waals surface area contributed by atoms with E-state index in [1.54, 1.807) is 11.3 Å². The van der Waals surface area contributed by atoms with Crippen LogP contribution in [0.15, 0.2) is 24.3 Å². The second-order valence-corrected chi connectivity index (χ2v) is 7.00. The van der Waals surface area contributed by atoms with Crippen LogP contribution in [0, 0.1) is 0 Å². The largest absolute Gasteiger partial charge is 0.354 e. The van der Waals surface area contributed by atoms with Gasteiger partial charge in [-0.25, -0.2) is 4.98 Å². The van der Waals surface area contributed by atoms with E-state index in [1.807, 2.05) is 24.3 Å². The molecule has 2 amide bonds. The van der Waals surface area contributed by atoms with Gasteiger partial charge in [-0.3, -0.25) is 9.59 Å². The van der Waals surface area contributed by atoms with Crippen LogP contribution >= 0.6 is 11.3 Å². The number of thiazole rings is 1. The van der Waals surface area contributed by atoms with E-state index in [2.05, 4.69) is 15.6 Å². The van der Waals surface area contributed by atoms with E-state index in [0.29, 0.717) is 25.8 Å². The Labute approximate surface area is 139 Å². The number of fused-ring (bicyclic) bond motifs is 1. The number of nitrogens with zero attached hydrogens (tertiary/aromatic N) is 1. The van der Waals surface area contributed by atoms with E-state index in [-0.39, 0.29) is 17.9 Å². The standard InChI is InChI=1S/C17H21N3O2S/c21-15(18-11-12-5-1-4-8-16(22)19-12)9-10-17-20-13-6-2-3-7-14(13)23-17/h2-3,6-7,12H,1,4-5,8-11H2,(H,18,21)(H,19,22). The van der Waals surface area contributed by atoms with Crippen molar-refractivity contribution in [2.45, 2.75) is 44.6 Å². The predicted molar refractivity (Wildman–Crippen MR) is 91.3 cm³/mol. The summed E-state index contributed by atoms with van der Waals surface area (Å²) < 4.78 is 1.16. The van der Waals surface area contributed by atoms with E-state index in [4.69, 9.17) is 0 Å². The number of aryl methyl sites for hydroxylation is 1. The lowest BCUT2D eigenvalue weighted by atomic mass is 10.1. The smallest absolute Gasteiger partial charge is 0.220 e. The fourth-order valence-electron chi connectivity index (χ4n) is 2.77. The number of aromatic nitrogens is 1. The topological polar surface area (TPSA) is 71.1 Å². The number of para-hydroxylation sites is 1. The zero-order chi connectivity index (χ0) is 16.1. The third-order valence-electron chi connectivity index (χ3n) is 4.02. The number of hydrogen-bond donors (Lipinski definition) is 2. The Bertz CT molecular complexity index is 665. The Hall–Kier alpha value is -1.95. The molecule has 1 aliphatic heterocycles. The zero-order valence-electron chi connectivity index (χ0n) is 13.0. The van der Waals surface area contributed by atoms with Gasteiger partial charge < -0.3 is 10.6 Å². The van der Waals surface area contributed by atoms with Crippen molar-refractivity contribution in [2.24, 2.45) is 0 Å². The number of hydrogen-bond acceptors (Lipinski definition) is 4. The first-order valence-corrected chi connectivity index (χ1v) is 8.93. The molecule has 1 aliphatic rings. The van der Waals surface area contributed by atoms with Crippen molar-refractivity contribution >= 4 is 33.4 Å². The van der Waals surface area contributed by atoms with Gasteiger partial charge in [0.1, 0.15) is 0 Å². The van der Waals surface area contributed by atoms with Crippen LogP contribution < -0.4 is 10.6 Å². The summed E-state index contributed by atoms with van der Waals surface area (Å²) in [6.07, 6.45) is 4.59. The summed E-state index contributed by atoms with van der Waals surface area (Å²) in [6, 6.07) is 8.07. The summed E-state index contributed by atoms with van der Waals surface area (Å²) in [6.45, 7) is 0.518. The molecule has 0 saturated carbocycles. The average molecular weight is 331 g/mol. The number of rotatable bonds is 5. The first kappa shape index (κ1) is 15.9. The molecule has 1 atom stereocenters. The Kier molecular flexibility index (Phi) is 5.23. The van der Waals surface area contributed by atoms with Crippen LogP contribution in [0.5, 0.6) is 0 Å². The molecule has 1 unspecified atom stereocenters. The molecular formula is C17H21N3O2S. The van der Waals surface area contributed by atoms with Crippen LogP contribution in [-0.4, -0.2) is 29.4 Å². The third kappa shape index (κ3) is 4.51. The number of carbonyl (C=O) groups excluding carboxylic acids is 2. The van der Waals surface area contributed by atoms with Gasteiger partial charge in [0.05, 0.1) is 15.2 Å². The minimum absolute atomic E-state index is 0.0164. The van der Waals surface area contributed by atoms with Crippen LogP contribution in [0.2, 0.25) is 0 Å². The number of amides is 2. The second kappa shape index (κ2) is 7.55. The first-order valence-electron chi connectivity index (χ1n) is 8.11. The van der Waals surface area contributed by atoms with Gasteiger partial charge in [0.25, 0.3) is 0 Å². The Morgan fingerprint density at radius 3 is 3.09 bits per heavy atom. The summed E-state index contributed by atoms with van der Waals surface area (Å²) in [5, 5.41) is 6.88. The zero-order valence-corrected chi connectivity index (χ0v) is 13.8.